The van der Waals surface area contributed by atoms with Crippen molar-refractivity contribution in [1.29, 1.82) is 0 Å². The van der Waals surface area contributed by atoms with E-state index in [2.05, 4.69) is 10.3 Å². The number of carbonyl (C=O) groups excluding carboxylic acids is 2. The van der Waals surface area contributed by atoms with E-state index in [1.165, 1.54) is 11.3 Å². The molecule has 0 spiro atoms. The van der Waals surface area contributed by atoms with Crippen LogP contribution in [-0.4, -0.2) is 41.9 Å². The average Bonchev–Trinajstić information content (AvgIpc) is 3.49. The Balaban J connectivity index is 1.55. The maximum Gasteiger partial charge on any atom is 0.262 e. The lowest BCUT2D eigenvalue weighted by molar-refractivity contribution is -0.132. The molecule has 2 aromatic carbocycles. The molecule has 2 amide bonds. The van der Waals surface area contributed by atoms with Crippen molar-refractivity contribution in [3.63, 3.8) is 0 Å². The summed E-state index contributed by atoms with van der Waals surface area (Å²) in [7, 11) is 3.38. The van der Waals surface area contributed by atoms with Crippen LogP contribution in [0, 0.1) is 0 Å². The number of para-hydroxylation sites is 1. The van der Waals surface area contributed by atoms with Gasteiger partial charge in [0.05, 0.1) is 12.0 Å². The van der Waals surface area contributed by atoms with Crippen LogP contribution in [0.3, 0.4) is 0 Å². The third-order valence-electron chi connectivity index (χ3n) is 5.40. The molecular weight excluding hydrogens is 422 g/mol. The van der Waals surface area contributed by atoms with E-state index in [1.54, 1.807) is 25.1 Å². The smallest absolute Gasteiger partial charge is 0.262 e. The fraction of sp³-hybridized carbons (Fsp3) is 0.200. The van der Waals surface area contributed by atoms with Crippen molar-refractivity contribution in [2.24, 2.45) is 0 Å². The molecule has 1 atom stereocenters. The van der Waals surface area contributed by atoms with Crippen LogP contribution in [-0.2, 0) is 17.8 Å². The highest BCUT2D eigenvalue weighted by molar-refractivity contribution is 7.12. The minimum absolute atomic E-state index is 0.143. The molecule has 0 saturated heterocycles. The fourth-order valence-corrected chi connectivity index (χ4v) is 4.33. The second-order valence-corrected chi connectivity index (χ2v) is 8.56. The summed E-state index contributed by atoms with van der Waals surface area (Å²) in [6, 6.07) is 18.4. The molecule has 0 fully saturated rings. The van der Waals surface area contributed by atoms with Gasteiger partial charge >= 0.3 is 0 Å². The van der Waals surface area contributed by atoms with Gasteiger partial charge in [-0.2, -0.15) is 0 Å². The molecular formula is C25H25N3O3S. The van der Waals surface area contributed by atoms with E-state index in [-0.39, 0.29) is 11.8 Å². The average molecular weight is 448 g/mol. The van der Waals surface area contributed by atoms with Gasteiger partial charge in [-0.05, 0) is 40.8 Å². The van der Waals surface area contributed by atoms with Crippen LogP contribution >= 0.6 is 11.3 Å². The SMILES string of the molecule is COc1ccc(CN(C)C(=O)[C@H](Cc2c[nH]c3ccccc23)NC(=O)c2cccs2)cc1. The Bertz CT molecular complexity index is 1200. The Labute approximate surface area is 190 Å². The standard InChI is InChI=1S/C25H25N3O3S/c1-28(16-17-9-11-19(31-2)12-10-17)25(30)22(27-24(29)23-8-5-13-32-23)14-18-15-26-21-7-4-3-6-20(18)21/h3-13,15,22,26H,14,16H2,1-2H3,(H,27,29)/t22-/m0/s1. The number of rotatable bonds is 8. The van der Waals surface area contributed by atoms with E-state index in [1.807, 2.05) is 66.2 Å². The van der Waals surface area contributed by atoms with Gasteiger partial charge in [-0.3, -0.25) is 9.59 Å². The van der Waals surface area contributed by atoms with E-state index in [4.69, 9.17) is 4.74 Å². The van der Waals surface area contributed by atoms with Crippen molar-refractivity contribution < 1.29 is 14.3 Å². The highest BCUT2D eigenvalue weighted by atomic mass is 32.1. The van der Waals surface area contributed by atoms with Gasteiger partial charge in [0.1, 0.15) is 11.8 Å². The minimum atomic E-state index is -0.688. The topological polar surface area (TPSA) is 74.4 Å². The number of hydrogen-bond acceptors (Lipinski definition) is 4. The molecule has 0 aliphatic rings. The van der Waals surface area contributed by atoms with Crippen LogP contribution in [0.5, 0.6) is 5.75 Å². The zero-order chi connectivity index (χ0) is 22.5. The van der Waals surface area contributed by atoms with Crippen LogP contribution in [0.1, 0.15) is 20.8 Å². The molecule has 164 valence electrons. The normalized spacial score (nSPS) is 11.8. The molecule has 2 heterocycles. The second-order valence-electron chi connectivity index (χ2n) is 7.61. The first-order valence-corrected chi connectivity index (χ1v) is 11.2. The van der Waals surface area contributed by atoms with Crippen LogP contribution in [0.4, 0.5) is 0 Å². The zero-order valence-corrected chi connectivity index (χ0v) is 18.8. The highest BCUT2D eigenvalue weighted by Gasteiger charge is 2.26. The number of nitrogens with zero attached hydrogens (tertiary/aromatic N) is 1. The van der Waals surface area contributed by atoms with Crippen LogP contribution in [0.25, 0.3) is 10.9 Å². The maximum absolute atomic E-state index is 13.4. The summed E-state index contributed by atoms with van der Waals surface area (Å²) >= 11 is 1.35. The summed E-state index contributed by atoms with van der Waals surface area (Å²) in [5, 5.41) is 5.85. The molecule has 0 aliphatic carbocycles. The molecule has 4 aromatic rings. The highest BCUT2D eigenvalue weighted by Crippen LogP contribution is 2.21. The monoisotopic (exact) mass is 447 g/mol. The number of H-pyrrole nitrogens is 1. The molecule has 0 aliphatic heterocycles. The fourth-order valence-electron chi connectivity index (χ4n) is 3.71. The van der Waals surface area contributed by atoms with E-state index < -0.39 is 6.04 Å². The quantitative estimate of drug-likeness (QED) is 0.424. The zero-order valence-electron chi connectivity index (χ0n) is 18.0. The third kappa shape index (κ3) is 4.84. The minimum Gasteiger partial charge on any atom is -0.497 e. The summed E-state index contributed by atoms with van der Waals surface area (Å²) in [5.41, 5.74) is 2.98. The van der Waals surface area contributed by atoms with Gasteiger partial charge in [0.15, 0.2) is 0 Å². The number of methoxy groups -OCH3 is 1. The molecule has 0 bridgehead atoms. The molecule has 32 heavy (non-hydrogen) atoms. The second kappa shape index (κ2) is 9.70. The lowest BCUT2D eigenvalue weighted by atomic mass is 10.0. The molecule has 0 saturated carbocycles. The first-order valence-electron chi connectivity index (χ1n) is 10.3. The molecule has 0 radical (unpaired) electrons. The number of aromatic nitrogens is 1. The number of amides is 2. The van der Waals surface area contributed by atoms with Gasteiger partial charge in [-0.1, -0.05) is 36.4 Å². The van der Waals surface area contributed by atoms with Gasteiger partial charge in [0.2, 0.25) is 5.91 Å². The van der Waals surface area contributed by atoms with Crippen molar-refractivity contribution >= 4 is 34.1 Å². The lowest BCUT2D eigenvalue weighted by Gasteiger charge is -2.25. The Kier molecular flexibility index (Phi) is 6.56. The van der Waals surface area contributed by atoms with E-state index in [0.29, 0.717) is 17.8 Å². The molecule has 0 unspecified atom stereocenters. The number of fused-ring (bicyclic) bond motifs is 1. The number of ether oxygens (including phenoxy) is 1. The molecule has 6 nitrogen and oxygen atoms in total. The van der Waals surface area contributed by atoms with Gasteiger partial charge in [-0.25, -0.2) is 0 Å². The van der Waals surface area contributed by atoms with E-state index in [0.717, 1.165) is 27.8 Å². The molecule has 2 N–H and O–H groups in total. The van der Waals surface area contributed by atoms with Crippen molar-refractivity contribution in [3.8, 4) is 5.75 Å². The Morgan fingerprint density at radius 2 is 1.88 bits per heavy atom. The van der Waals surface area contributed by atoms with Gasteiger partial charge in [-0.15, -0.1) is 11.3 Å². The summed E-state index contributed by atoms with van der Waals surface area (Å²) in [4.78, 5) is 31.7. The predicted molar refractivity (Wildman–Crippen MR) is 127 cm³/mol. The summed E-state index contributed by atoms with van der Waals surface area (Å²) < 4.78 is 5.20. The predicted octanol–water partition coefficient (Wildman–Crippen LogP) is 4.24. The first-order chi connectivity index (χ1) is 15.5. The van der Waals surface area contributed by atoms with E-state index >= 15 is 0 Å². The molecule has 2 aromatic heterocycles. The summed E-state index contributed by atoms with van der Waals surface area (Å²) in [5.74, 6) is 0.384. The number of thiophene rings is 1. The van der Waals surface area contributed by atoms with Gasteiger partial charge in [0, 0.05) is 37.1 Å². The Morgan fingerprint density at radius 3 is 2.59 bits per heavy atom. The largest absolute Gasteiger partial charge is 0.497 e. The number of hydrogen-bond donors (Lipinski definition) is 2. The maximum atomic E-state index is 13.4. The number of likely N-dealkylation sites (N-methyl/N-ethyl adjacent to an activating group) is 1. The van der Waals surface area contributed by atoms with Gasteiger partial charge < -0.3 is 19.9 Å². The lowest BCUT2D eigenvalue weighted by Crippen LogP contribution is -2.48. The summed E-state index contributed by atoms with van der Waals surface area (Å²) in [6.07, 6.45) is 2.30. The molecule has 7 heteroatoms. The van der Waals surface area contributed by atoms with Crippen LogP contribution in [0.15, 0.2) is 72.2 Å². The Morgan fingerprint density at radius 1 is 1.09 bits per heavy atom. The first kappa shape index (κ1) is 21.6. The van der Waals surface area contributed by atoms with Crippen LogP contribution in [0.2, 0.25) is 0 Å². The third-order valence-corrected chi connectivity index (χ3v) is 6.27. The summed E-state index contributed by atoms with van der Waals surface area (Å²) in [6.45, 7) is 0.433. The van der Waals surface area contributed by atoms with Crippen molar-refractivity contribution in [3.05, 3.63) is 88.2 Å². The van der Waals surface area contributed by atoms with Gasteiger partial charge in [0.25, 0.3) is 5.91 Å². The molecule has 4 rings (SSSR count). The van der Waals surface area contributed by atoms with Crippen molar-refractivity contribution in [2.45, 2.75) is 19.0 Å². The van der Waals surface area contributed by atoms with Crippen LogP contribution < -0.4 is 10.1 Å². The number of carbonyl (C=O) groups is 2. The number of aromatic amines is 1. The number of nitrogens with one attached hydrogen (secondary N) is 2. The number of benzene rings is 2. The van der Waals surface area contributed by atoms with E-state index in [9.17, 15) is 9.59 Å². The van der Waals surface area contributed by atoms with Crippen molar-refractivity contribution in [1.82, 2.24) is 15.2 Å². The Hall–Kier alpha value is -3.58. The van der Waals surface area contributed by atoms with Crippen molar-refractivity contribution in [2.75, 3.05) is 14.2 Å².